The summed E-state index contributed by atoms with van der Waals surface area (Å²) in [6, 6.07) is 1.40. The fourth-order valence-corrected chi connectivity index (χ4v) is 2.17. The second-order valence-corrected chi connectivity index (χ2v) is 4.56. The van der Waals surface area contributed by atoms with E-state index in [9.17, 15) is 9.59 Å². The van der Waals surface area contributed by atoms with E-state index in [1.54, 1.807) is 6.92 Å². The molecule has 1 aliphatic rings. The lowest BCUT2D eigenvalue weighted by atomic mass is 10.0. The summed E-state index contributed by atoms with van der Waals surface area (Å²) in [5, 5.41) is 11.9. The van der Waals surface area contributed by atoms with Crippen LogP contribution in [0.4, 0.5) is 0 Å². The Hall–Kier alpha value is -2.04. The van der Waals surface area contributed by atoms with Gasteiger partial charge in [-0.2, -0.15) is 0 Å². The Bertz CT molecular complexity index is 516. The normalized spacial score (nSPS) is 18.3. The summed E-state index contributed by atoms with van der Waals surface area (Å²) in [7, 11) is 0. The van der Waals surface area contributed by atoms with E-state index < -0.39 is 5.97 Å². The van der Waals surface area contributed by atoms with E-state index in [4.69, 9.17) is 9.52 Å². The molecule has 1 aromatic rings. The lowest BCUT2D eigenvalue weighted by Gasteiger charge is -2.18. The van der Waals surface area contributed by atoms with Crippen molar-refractivity contribution >= 4 is 11.9 Å². The number of furan rings is 1. The number of carboxylic acid groups (broad SMARTS) is 1. The molecule has 0 aromatic carbocycles. The van der Waals surface area contributed by atoms with E-state index in [2.05, 4.69) is 11.4 Å². The van der Waals surface area contributed by atoms with Gasteiger partial charge in [0, 0.05) is 18.5 Å². The van der Waals surface area contributed by atoms with Crippen LogP contribution >= 0.6 is 0 Å². The molecule has 0 spiro atoms. The highest BCUT2D eigenvalue weighted by Crippen LogP contribution is 2.18. The van der Waals surface area contributed by atoms with Gasteiger partial charge in [0.05, 0.1) is 0 Å². The summed E-state index contributed by atoms with van der Waals surface area (Å²) in [6.07, 6.45) is 7.23. The number of aromatic carboxylic acids is 1. The summed E-state index contributed by atoms with van der Waals surface area (Å²) >= 11 is 0. The van der Waals surface area contributed by atoms with Crippen LogP contribution in [0.25, 0.3) is 0 Å². The number of carbonyl (C=O) groups excluding carboxylic acids is 1. The van der Waals surface area contributed by atoms with Gasteiger partial charge in [-0.1, -0.05) is 19.1 Å². The third kappa shape index (κ3) is 3.05. The maximum absolute atomic E-state index is 12.0. The van der Waals surface area contributed by atoms with Crippen molar-refractivity contribution in [2.24, 2.45) is 0 Å². The van der Waals surface area contributed by atoms with Crippen molar-refractivity contribution in [3.8, 4) is 0 Å². The molecule has 102 valence electrons. The SMILES string of the molecule is CCc1oc(C(=O)NC2CC=CCC2)cc1C(=O)O. The fraction of sp³-hybridized carbons (Fsp3) is 0.429. The van der Waals surface area contributed by atoms with E-state index in [1.807, 2.05) is 6.08 Å². The predicted molar refractivity (Wildman–Crippen MR) is 69.3 cm³/mol. The van der Waals surface area contributed by atoms with Crippen molar-refractivity contribution < 1.29 is 19.1 Å². The van der Waals surface area contributed by atoms with Crippen molar-refractivity contribution in [2.75, 3.05) is 0 Å². The quantitative estimate of drug-likeness (QED) is 0.817. The molecule has 2 rings (SSSR count). The molecule has 5 heteroatoms. The number of allylic oxidation sites excluding steroid dienone is 1. The van der Waals surface area contributed by atoms with Gasteiger partial charge in [-0.05, 0) is 19.3 Å². The Morgan fingerprint density at radius 1 is 1.47 bits per heavy atom. The Kier molecular flexibility index (Phi) is 4.04. The summed E-state index contributed by atoms with van der Waals surface area (Å²) in [4.78, 5) is 23.0. The van der Waals surface area contributed by atoms with Crippen LogP contribution in [0.2, 0.25) is 0 Å². The largest absolute Gasteiger partial charge is 0.478 e. The van der Waals surface area contributed by atoms with Crippen molar-refractivity contribution in [1.29, 1.82) is 0 Å². The Morgan fingerprint density at radius 3 is 2.79 bits per heavy atom. The number of hydrogen-bond acceptors (Lipinski definition) is 3. The Balaban J connectivity index is 2.10. The molecular formula is C14H17NO4. The van der Waals surface area contributed by atoms with E-state index in [-0.39, 0.29) is 23.3 Å². The number of amides is 1. The zero-order chi connectivity index (χ0) is 13.8. The predicted octanol–water partition coefficient (Wildman–Crippen LogP) is 2.38. The molecule has 0 saturated heterocycles. The average molecular weight is 263 g/mol. The summed E-state index contributed by atoms with van der Waals surface area (Å²) < 4.78 is 5.32. The molecule has 0 bridgehead atoms. The van der Waals surface area contributed by atoms with Crippen LogP contribution < -0.4 is 5.32 Å². The lowest BCUT2D eigenvalue weighted by Crippen LogP contribution is -2.35. The maximum Gasteiger partial charge on any atom is 0.339 e. The maximum atomic E-state index is 12.0. The molecule has 1 atom stereocenters. The number of rotatable bonds is 4. The van der Waals surface area contributed by atoms with Crippen LogP contribution in [0, 0.1) is 0 Å². The fourth-order valence-electron chi connectivity index (χ4n) is 2.17. The minimum Gasteiger partial charge on any atom is -0.478 e. The molecule has 2 N–H and O–H groups in total. The smallest absolute Gasteiger partial charge is 0.339 e. The molecule has 5 nitrogen and oxygen atoms in total. The van der Waals surface area contributed by atoms with E-state index >= 15 is 0 Å². The first-order valence-corrected chi connectivity index (χ1v) is 6.43. The Morgan fingerprint density at radius 2 is 2.26 bits per heavy atom. The molecule has 0 saturated carbocycles. The van der Waals surface area contributed by atoms with Crippen molar-refractivity contribution in [2.45, 2.75) is 38.6 Å². The second kappa shape index (κ2) is 5.73. The monoisotopic (exact) mass is 263 g/mol. The van der Waals surface area contributed by atoms with Gasteiger partial charge in [0.15, 0.2) is 5.76 Å². The molecule has 0 fully saturated rings. The minimum atomic E-state index is -1.07. The highest BCUT2D eigenvalue weighted by atomic mass is 16.4. The molecule has 1 amide bonds. The lowest BCUT2D eigenvalue weighted by molar-refractivity contribution is 0.0694. The standard InChI is InChI=1S/C14H17NO4/c1-2-11-10(14(17)18)8-12(19-11)13(16)15-9-6-4-3-5-7-9/h3-4,8-9H,2,5-7H2,1H3,(H,15,16)(H,17,18). The summed E-state index contributed by atoms with van der Waals surface area (Å²) in [6.45, 7) is 1.79. The van der Waals surface area contributed by atoms with Crippen LogP contribution in [0.5, 0.6) is 0 Å². The van der Waals surface area contributed by atoms with Crippen molar-refractivity contribution in [3.05, 3.63) is 35.3 Å². The number of nitrogens with one attached hydrogen (secondary N) is 1. The number of carboxylic acids is 1. The van der Waals surface area contributed by atoms with Crippen LogP contribution in [0.15, 0.2) is 22.6 Å². The third-order valence-corrected chi connectivity index (χ3v) is 3.19. The molecule has 0 aliphatic heterocycles. The topological polar surface area (TPSA) is 79.5 Å². The first-order valence-electron chi connectivity index (χ1n) is 6.43. The van der Waals surface area contributed by atoms with Crippen LogP contribution in [-0.4, -0.2) is 23.0 Å². The van der Waals surface area contributed by atoms with E-state index in [0.717, 1.165) is 19.3 Å². The van der Waals surface area contributed by atoms with Crippen LogP contribution in [0.3, 0.4) is 0 Å². The number of aryl methyl sites for hydroxylation is 1. The van der Waals surface area contributed by atoms with Gasteiger partial charge in [0.2, 0.25) is 0 Å². The zero-order valence-corrected chi connectivity index (χ0v) is 10.8. The van der Waals surface area contributed by atoms with Gasteiger partial charge in [0.25, 0.3) is 5.91 Å². The molecular weight excluding hydrogens is 246 g/mol. The zero-order valence-electron chi connectivity index (χ0n) is 10.8. The van der Waals surface area contributed by atoms with Gasteiger partial charge in [-0.3, -0.25) is 4.79 Å². The van der Waals surface area contributed by atoms with E-state index in [0.29, 0.717) is 12.2 Å². The molecule has 1 aliphatic carbocycles. The molecule has 1 aromatic heterocycles. The highest BCUT2D eigenvalue weighted by Gasteiger charge is 2.21. The van der Waals surface area contributed by atoms with Crippen LogP contribution in [0.1, 0.15) is 52.9 Å². The Labute approximate surface area is 111 Å². The number of carbonyl (C=O) groups is 2. The molecule has 0 radical (unpaired) electrons. The van der Waals surface area contributed by atoms with Gasteiger partial charge in [0.1, 0.15) is 11.3 Å². The summed E-state index contributed by atoms with van der Waals surface area (Å²) in [5.41, 5.74) is 0.0659. The van der Waals surface area contributed by atoms with E-state index in [1.165, 1.54) is 6.07 Å². The molecule has 1 unspecified atom stereocenters. The van der Waals surface area contributed by atoms with Crippen molar-refractivity contribution in [3.63, 3.8) is 0 Å². The highest BCUT2D eigenvalue weighted by molar-refractivity contribution is 5.96. The number of hydrogen-bond donors (Lipinski definition) is 2. The van der Waals surface area contributed by atoms with Gasteiger partial charge < -0.3 is 14.8 Å². The first kappa shape index (κ1) is 13.4. The van der Waals surface area contributed by atoms with Gasteiger partial charge in [-0.25, -0.2) is 4.79 Å². The first-order chi connectivity index (χ1) is 9.11. The van der Waals surface area contributed by atoms with Crippen LogP contribution in [-0.2, 0) is 6.42 Å². The summed E-state index contributed by atoms with van der Waals surface area (Å²) in [5.74, 6) is -1.01. The minimum absolute atomic E-state index is 0.0659. The van der Waals surface area contributed by atoms with Gasteiger partial charge in [-0.15, -0.1) is 0 Å². The third-order valence-electron chi connectivity index (χ3n) is 3.19. The van der Waals surface area contributed by atoms with Crippen molar-refractivity contribution in [1.82, 2.24) is 5.32 Å². The second-order valence-electron chi connectivity index (χ2n) is 4.56. The average Bonchev–Trinajstić information content (AvgIpc) is 2.84. The molecule has 1 heterocycles. The molecule has 19 heavy (non-hydrogen) atoms. The van der Waals surface area contributed by atoms with Gasteiger partial charge >= 0.3 is 5.97 Å².